The first-order chi connectivity index (χ1) is 8.16. The van der Waals surface area contributed by atoms with Crippen LogP contribution in [0.3, 0.4) is 0 Å². The number of hydrogen-bond donors (Lipinski definition) is 2. The van der Waals surface area contributed by atoms with Gasteiger partial charge in [0.1, 0.15) is 5.76 Å². The van der Waals surface area contributed by atoms with Crippen molar-refractivity contribution < 1.29 is 9.21 Å². The molecule has 0 radical (unpaired) electrons. The molecule has 1 aliphatic rings. The topological polar surface area (TPSA) is 81.2 Å². The van der Waals surface area contributed by atoms with E-state index in [4.69, 9.17) is 10.2 Å². The summed E-state index contributed by atoms with van der Waals surface area (Å²) in [5.74, 6) is 1.33. The summed E-state index contributed by atoms with van der Waals surface area (Å²) >= 11 is 0. The summed E-state index contributed by atoms with van der Waals surface area (Å²) < 4.78 is 5.31. The zero-order valence-electron chi connectivity index (χ0n) is 10.2. The minimum Gasteiger partial charge on any atom is -0.444 e. The molecule has 0 atom stereocenters. The third kappa shape index (κ3) is 2.49. The number of aromatic nitrogens is 1. The molecule has 1 aromatic rings. The summed E-state index contributed by atoms with van der Waals surface area (Å²) in [6.45, 7) is 2.59. The van der Waals surface area contributed by atoms with Crippen LogP contribution in [0.4, 0.5) is 0 Å². The molecule has 1 amide bonds. The second-order valence-corrected chi connectivity index (χ2v) is 4.74. The van der Waals surface area contributed by atoms with Crippen LogP contribution >= 0.6 is 0 Å². The molecule has 1 aromatic heterocycles. The van der Waals surface area contributed by atoms with Gasteiger partial charge in [0.15, 0.2) is 0 Å². The number of rotatable bonds is 4. The number of aryl methyl sites for hydroxylation is 1. The van der Waals surface area contributed by atoms with Crippen LogP contribution in [0, 0.1) is 12.3 Å². The quantitative estimate of drug-likeness (QED) is 0.822. The summed E-state index contributed by atoms with van der Waals surface area (Å²) in [4.78, 5) is 16.2. The molecule has 5 nitrogen and oxygen atoms in total. The lowest BCUT2D eigenvalue weighted by Gasteiger charge is -2.25. The van der Waals surface area contributed by atoms with Gasteiger partial charge in [-0.1, -0.05) is 12.8 Å². The highest BCUT2D eigenvalue weighted by atomic mass is 16.4. The highest BCUT2D eigenvalue weighted by Crippen LogP contribution is 2.37. The van der Waals surface area contributed by atoms with Gasteiger partial charge in [-0.2, -0.15) is 0 Å². The SMILES string of the molecule is Cc1cnc(CNC(=O)C2(CN)CCCC2)o1. The lowest BCUT2D eigenvalue weighted by molar-refractivity contribution is -0.130. The molecule has 1 aliphatic carbocycles. The first kappa shape index (κ1) is 12.1. The minimum absolute atomic E-state index is 0.0355. The van der Waals surface area contributed by atoms with Gasteiger partial charge in [-0.25, -0.2) is 4.98 Å². The fraction of sp³-hybridized carbons (Fsp3) is 0.667. The number of nitrogens with zero attached hydrogens (tertiary/aromatic N) is 1. The smallest absolute Gasteiger partial charge is 0.227 e. The maximum atomic E-state index is 12.1. The number of carbonyl (C=O) groups is 1. The molecular formula is C12H19N3O2. The lowest BCUT2D eigenvalue weighted by Crippen LogP contribution is -2.43. The van der Waals surface area contributed by atoms with E-state index in [2.05, 4.69) is 10.3 Å². The van der Waals surface area contributed by atoms with Gasteiger partial charge in [0.05, 0.1) is 18.2 Å². The molecule has 0 unspecified atom stereocenters. The fourth-order valence-corrected chi connectivity index (χ4v) is 2.40. The van der Waals surface area contributed by atoms with Crippen molar-refractivity contribution in [2.75, 3.05) is 6.54 Å². The summed E-state index contributed by atoms with van der Waals surface area (Å²) in [7, 11) is 0. The van der Waals surface area contributed by atoms with Gasteiger partial charge in [0.2, 0.25) is 11.8 Å². The second kappa shape index (κ2) is 4.87. The van der Waals surface area contributed by atoms with Crippen LogP contribution in [0.15, 0.2) is 10.6 Å². The van der Waals surface area contributed by atoms with Crippen molar-refractivity contribution in [2.24, 2.45) is 11.1 Å². The molecule has 1 saturated carbocycles. The van der Waals surface area contributed by atoms with E-state index in [1.807, 2.05) is 6.92 Å². The zero-order chi connectivity index (χ0) is 12.3. The lowest BCUT2D eigenvalue weighted by atomic mass is 9.85. The van der Waals surface area contributed by atoms with Crippen LogP contribution < -0.4 is 11.1 Å². The van der Waals surface area contributed by atoms with Crippen LogP contribution in [0.5, 0.6) is 0 Å². The maximum absolute atomic E-state index is 12.1. The van der Waals surface area contributed by atoms with Crippen LogP contribution in [0.2, 0.25) is 0 Å². The number of nitrogens with one attached hydrogen (secondary N) is 1. The van der Waals surface area contributed by atoms with Crippen molar-refractivity contribution in [3.63, 3.8) is 0 Å². The molecule has 2 rings (SSSR count). The Morgan fingerprint density at radius 1 is 1.59 bits per heavy atom. The Hall–Kier alpha value is -1.36. The Labute approximate surface area is 101 Å². The number of carbonyl (C=O) groups excluding carboxylic acids is 1. The van der Waals surface area contributed by atoms with E-state index in [1.165, 1.54) is 0 Å². The molecule has 94 valence electrons. The fourth-order valence-electron chi connectivity index (χ4n) is 2.40. The molecule has 0 bridgehead atoms. The zero-order valence-corrected chi connectivity index (χ0v) is 10.2. The number of amides is 1. The number of oxazole rings is 1. The van der Waals surface area contributed by atoms with Crippen LogP contribution in [-0.2, 0) is 11.3 Å². The summed E-state index contributed by atoms with van der Waals surface area (Å²) in [6, 6.07) is 0. The third-order valence-corrected chi connectivity index (χ3v) is 3.50. The molecular weight excluding hydrogens is 218 g/mol. The monoisotopic (exact) mass is 237 g/mol. The third-order valence-electron chi connectivity index (χ3n) is 3.50. The highest BCUT2D eigenvalue weighted by Gasteiger charge is 2.39. The summed E-state index contributed by atoms with van der Waals surface area (Å²) in [5.41, 5.74) is 5.38. The van der Waals surface area contributed by atoms with E-state index in [0.717, 1.165) is 31.4 Å². The van der Waals surface area contributed by atoms with Crippen molar-refractivity contribution >= 4 is 5.91 Å². The summed E-state index contributed by atoms with van der Waals surface area (Å²) in [5, 5.41) is 2.87. The molecule has 0 aliphatic heterocycles. The Morgan fingerprint density at radius 2 is 2.29 bits per heavy atom. The predicted molar refractivity (Wildman–Crippen MR) is 63.0 cm³/mol. The highest BCUT2D eigenvalue weighted by molar-refractivity contribution is 5.83. The largest absolute Gasteiger partial charge is 0.444 e. The van der Waals surface area contributed by atoms with Crippen LogP contribution in [0.1, 0.15) is 37.3 Å². The van der Waals surface area contributed by atoms with E-state index in [-0.39, 0.29) is 11.3 Å². The molecule has 0 saturated heterocycles. The van der Waals surface area contributed by atoms with Gasteiger partial charge < -0.3 is 15.5 Å². The van der Waals surface area contributed by atoms with Gasteiger partial charge in [0.25, 0.3) is 0 Å². The molecule has 5 heteroatoms. The molecule has 1 fully saturated rings. The molecule has 0 spiro atoms. The van der Waals surface area contributed by atoms with E-state index in [1.54, 1.807) is 6.20 Å². The molecule has 1 heterocycles. The van der Waals surface area contributed by atoms with Gasteiger partial charge in [-0.3, -0.25) is 4.79 Å². The molecule has 0 aromatic carbocycles. The van der Waals surface area contributed by atoms with Gasteiger partial charge in [0, 0.05) is 6.54 Å². The van der Waals surface area contributed by atoms with Crippen LogP contribution in [-0.4, -0.2) is 17.4 Å². The summed E-state index contributed by atoms with van der Waals surface area (Å²) in [6.07, 6.45) is 5.60. The van der Waals surface area contributed by atoms with E-state index < -0.39 is 0 Å². The first-order valence-corrected chi connectivity index (χ1v) is 6.06. The van der Waals surface area contributed by atoms with E-state index in [9.17, 15) is 4.79 Å². The van der Waals surface area contributed by atoms with Gasteiger partial charge in [-0.15, -0.1) is 0 Å². The van der Waals surface area contributed by atoms with Crippen molar-refractivity contribution in [2.45, 2.75) is 39.2 Å². The van der Waals surface area contributed by atoms with E-state index >= 15 is 0 Å². The Morgan fingerprint density at radius 3 is 2.82 bits per heavy atom. The molecule has 17 heavy (non-hydrogen) atoms. The van der Waals surface area contributed by atoms with Crippen LogP contribution in [0.25, 0.3) is 0 Å². The van der Waals surface area contributed by atoms with Crippen molar-refractivity contribution in [3.05, 3.63) is 17.8 Å². The van der Waals surface area contributed by atoms with E-state index in [0.29, 0.717) is 19.0 Å². The first-order valence-electron chi connectivity index (χ1n) is 6.06. The number of nitrogens with two attached hydrogens (primary N) is 1. The normalized spacial score (nSPS) is 18.2. The average Bonchev–Trinajstić information content (AvgIpc) is 2.95. The average molecular weight is 237 g/mol. The Kier molecular flexibility index (Phi) is 3.47. The van der Waals surface area contributed by atoms with Crippen molar-refractivity contribution in [1.29, 1.82) is 0 Å². The second-order valence-electron chi connectivity index (χ2n) is 4.74. The minimum atomic E-state index is -0.359. The van der Waals surface area contributed by atoms with Crippen molar-refractivity contribution in [3.8, 4) is 0 Å². The van der Waals surface area contributed by atoms with Gasteiger partial charge in [-0.05, 0) is 19.8 Å². The number of hydrogen-bond acceptors (Lipinski definition) is 4. The van der Waals surface area contributed by atoms with Gasteiger partial charge >= 0.3 is 0 Å². The standard InChI is InChI=1S/C12H19N3O2/c1-9-6-14-10(17-9)7-15-11(16)12(8-13)4-2-3-5-12/h6H,2-5,7-8,13H2,1H3,(H,15,16). The molecule has 3 N–H and O–H groups in total. The van der Waals surface area contributed by atoms with Crippen molar-refractivity contribution in [1.82, 2.24) is 10.3 Å². The Balaban J connectivity index is 1.92. The Bertz CT molecular complexity index is 394. The predicted octanol–water partition coefficient (Wildman–Crippen LogP) is 1.12. The maximum Gasteiger partial charge on any atom is 0.227 e.